The molecule has 4 aromatic rings. The predicted octanol–water partition coefficient (Wildman–Crippen LogP) is 5.87. The van der Waals surface area contributed by atoms with Crippen LogP contribution in [0.4, 0.5) is 4.39 Å². The number of benzene rings is 2. The molecule has 180 valence electrons. The standard InChI is InChI=1S/C29H29FN2O3/c30-24-8-3-6-21(18-24)19-32-20-23(25-9-1-2-10-26(25)32)7-4-11-27(33)22-13-15-31(16-14-22)29(34)28-12-5-17-35-28/h1-3,5-6,8-10,12,17-18,20,22H,4,7,11,13-16,19H2. The maximum Gasteiger partial charge on any atom is 0.289 e. The Kier molecular flexibility index (Phi) is 6.80. The van der Waals surface area contributed by atoms with E-state index in [1.54, 1.807) is 29.2 Å². The van der Waals surface area contributed by atoms with Crippen molar-refractivity contribution in [2.45, 2.75) is 38.6 Å². The maximum absolute atomic E-state index is 13.6. The van der Waals surface area contributed by atoms with Crippen molar-refractivity contribution in [2.75, 3.05) is 13.1 Å². The second-order valence-corrected chi connectivity index (χ2v) is 9.29. The number of aryl methyl sites for hydroxylation is 1. The summed E-state index contributed by atoms with van der Waals surface area (Å²) in [5.74, 6) is 0.333. The van der Waals surface area contributed by atoms with E-state index in [0.29, 0.717) is 50.4 Å². The fourth-order valence-electron chi connectivity index (χ4n) is 5.10. The molecule has 0 bridgehead atoms. The Morgan fingerprint density at radius 1 is 1.00 bits per heavy atom. The second-order valence-electron chi connectivity index (χ2n) is 9.29. The number of carbonyl (C=O) groups excluding carboxylic acids is 2. The number of fused-ring (bicyclic) bond motifs is 1. The highest BCUT2D eigenvalue weighted by molar-refractivity contribution is 5.91. The van der Waals surface area contributed by atoms with Crippen LogP contribution in [0.5, 0.6) is 0 Å². The van der Waals surface area contributed by atoms with Crippen LogP contribution < -0.4 is 0 Å². The minimum absolute atomic E-state index is 0.0185. The van der Waals surface area contributed by atoms with Gasteiger partial charge in [0.15, 0.2) is 5.76 Å². The van der Waals surface area contributed by atoms with E-state index < -0.39 is 0 Å². The topological polar surface area (TPSA) is 55.5 Å². The molecule has 2 aromatic heterocycles. The van der Waals surface area contributed by atoms with Crippen LogP contribution in [0.3, 0.4) is 0 Å². The summed E-state index contributed by atoms with van der Waals surface area (Å²) in [5.41, 5.74) is 3.25. The highest BCUT2D eigenvalue weighted by Crippen LogP contribution is 2.26. The quantitative estimate of drug-likeness (QED) is 0.322. The molecule has 1 amide bonds. The minimum atomic E-state index is -0.228. The summed E-state index contributed by atoms with van der Waals surface area (Å²) in [7, 11) is 0. The van der Waals surface area contributed by atoms with Gasteiger partial charge in [-0.05, 0) is 67.1 Å². The average molecular weight is 473 g/mol. The van der Waals surface area contributed by atoms with Crippen molar-refractivity contribution < 1.29 is 18.4 Å². The van der Waals surface area contributed by atoms with Gasteiger partial charge in [0.1, 0.15) is 11.6 Å². The molecule has 5 nitrogen and oxygen atoms in total. The summed E-state index contributed by atoms with van der Waals surface area (Å²) in [5, 5.41) is 1.18. The highest BCUT2D eigenvalue weighted by atomic mass is 19.1. The molecule has 1 aliphatic rings. The first-order chi connectivity index (χ1) is 17.1. The molecule has 1 saturated heterocycles. The minimum Gasteiger partial charge on any atom is -0.459 e. The normalized spacial score (nSPS) is 14.5. The number of furan rings is 1. The molecule has 1 aliphatic heterocycles. The van der Waals surface area contributed by atoms with Crippen molar-refractivity contribution in [1.82, 2.24) is 9.47 Å². The fraction of sp³-hybridized carbons (Fsp3) is 0.310. The van der Waals surface area contributed by atoms with Crippen LogP contribution in [0.2, 0.25) is 0 Å². The van der Waals surface area contributed by atoms with Crippen LogP contribution >= 0.6 is 0 Å². The summed E-state index contributed by atoms with van der Waals surface area (Å²) in [6.07, 6.45) is 7.20. The van der Waals surface area contributed by atoms with E-state index in [0.717, 1.165) is 23.9 Å². The van der Waals surface area contributed by atoms with E-state index in [1.807, 2.05) is 18.2 Å². The number of para-hydroxylation sites is 1. The number of nitrogens with zero attached hydrogens (tertiary/aromatic N) is 2. The predicted molar refractivity (Wildman–Crippen MR) is 133 cm³/mol. The Bertz CT molecular complexity index is 1320. The van der Waals surface area contributed by atoms with E-state index in [2.05, 4.69) is 22.9 Å². The number of ketones is 1. The van der Waals surface area contributed by atoms with Gasteiger partial charge in [-0.25, -0.2) is 4.39 Å². The summed E-state index contributed by atoms with van der Waals surface area (Å²) in [4.78, 5) is 27.1. The van der Waals surface area contributed by atoms with E-state index in [4.69, 9.17) is 4.42 Å². The monoisotopic (exact) mass is 472 g/mol. The zero-order chi connectivity index (χ0) is 24.2. The maximum atomic E-state index is 13.6. The van der Waals surface area contributed by atoms with Crippen molar-refractivity contribution in [2.24, 2.45) is 5.92 Å². The van der Waals surface area contributed by atoms with Gasteiger partial charge in [-0.3, -0.25) is 9.59 Å². The van der Waals surface area contributed by atoms with Gasteiger partial charge in [0, 0.05) is 49.1 Å². The lowest BCUT2D eigenvalue weighted by molar-refractivity contribution is -0.124. The van der Waals surface area contributed by atoms with Crippen molar-refractivity contribution in [3.63, 3.8) is 0 Å². The Morgan fingerprint density at radius 2 is 1.83 bits per heavy atom. The number of hydrogen-bond donors (Lipinski definition) is 0. The summed E-state index contributed by atoms with van der Waals surface area (Å²) >= 11 is 0. The number of likely N-dealkylation sites (tertiary alicyclic amines) is 1. The van der Waals surface area contributed by atoms with Gasteiger partial charge in [-0.2, -0.15) is 0 Å². The molecule has 0 unspecified atom stereocenters. The first kappa shape index (κ1) is 23.1. The van der Waals surface area contributed by atoms with E-state index in [-0.39, 0.29) is 17.6 Å². The van der Waals surface area contributed by atoms with E-state index in [9.17, 15) is 14.0 Å². The smallest absolute Gasteiger partial charge is 0.289 e. The number of hydrogen-bond acceptors (Lipinski definition) is 3. The van der Waals surface area contributed by atoms with Gasteiger partial charge in [0.05, 0.1) is 6.26 Å². The van der Waals surface area contributed by atoms with Crippen molar-refractivity contribution in [1.29, 1.82) is 0 Å². The van der Waals surface area contributed by atoms with Crippen LogP contribution in [-0.2, 0) is 17.8 Å². The molecule has 35 heavy (non-hydrogen) atoms. The fourth-order valence-corrected chi connectivity index (χ4v) is 5.10. The third kappa shape index (κ3) is 5.21. The Balaban J connectivity index is 1.17. The first-order valence-electron chi connectivity index (χ1n) is 12.2. The molecule has 0 saturated carbocycles. The lowest BCUT2D eigenvalue weighted by Gasteiger charge is -2.30. The number of aromatic nitrogens is 1. The lowest BCUT2D eigenvalue weighted by atomic mass is 9.89. The van der Waals surface area contributed by atoms with Crippen molar-refractivity contribution in [3.8, 4) is 0 Å². The number of piperidine rings is 1. The van der Waals surface area contributed by atoms with Gasteiger partial charge >= 0.3 is 0 Å². The number of carbonyl (C=O) groups is 2. The van der Waals surface area contributed by atoms with Crippen LogP contribution in [0.15, 0.2) is 77.5 Å². The van der Waals surface area contributed by atoms with Crippen molar-refractivity contribution in [3.05, 3.63) is 95.8 Å². The van der Waals surface area contributed by atoms with Gasteiger partial charge in [-0.15, -0.1) is 0 Å². The summed E-state index contributed by atoms with van der Waals surface area (Å²) in [6, 6.07) is 18.3. The zero-order valence-corrected chi connectivity index (χ0v) is 19.7. The SMILES string of the molecule is O=C(CCCc1cn(Cc2cccc(F)c2)c2ccccc12)C1CCN(C(=O)c2ccco2)CC1. The Hall–Kier alpha value is -3.67. The molecular formula is C29H29FN2O3. The molecular weight excluding hydrogens is 443 g/mol. The molecule has 2 aromatic carbocycles. The molecule has 0 atom stereocenters. The highest BCUT2D eigenvalue weighted by Gasteiger charge is 2.28. The van der Waals surface area contributed by atoms with Gasteiger partial charge in [-0.1, -0.05) is 30.3 Å². The molecule has 0 aliphatic carbocycles. The summed E-state index contributed by atoms with van der Waals surface area (Å²) < 4.78 is 21.0. The van der Waals surface area contributed by atoms with E-state index in [1.165, 1.54) is 23.3 Å². The lowest BCUT2D eigenvalue weighted by Crippen LogP contribution is -2.40. The Morgan fingerprint density at radius 3 is 2.60 bits per heavy atom. The second kappa shape index (κ2) is 10.3. The third-order valence-electron chi connectivity index (χ3n) is 6.95. The number of Topliss-reactive ketones (excluding diaryl/α,β-unsaturated/α-hetero) is 1. The van der Waals surface area contributed by atoms with Crippen LogP contribution in [0, 0.1) is 11.7 Å². The number of rotatable bonds is 8. The molecule has 3 heterocycles. The molecule has 0 radical (unpaired) electrons. The number of halogens is 1. The largest absolute Gasteiger partial charge is 0.459 e. The van der Waals surface area contributed by atoms with Gasteiger partial charge in [0.2, 0.25) is 0 Å². The molecule has 6 heteroatoms. The molecule has 5 rings (SSSR count). The molecule has 1 fully saturated rings. The van der Waals surface area contributed by atoms with Crippen molar-refractivity contribution >= 4 is 22.6 Å². The zero-order valence-electron chi connectivity index (χ0n) is 19.7. The molecule has 0 N–H and O–H groups in total. The third-order valence-corrected chi connectivity index (χ3v) is 6.95. The first-order valence-corrected chi connectivity index (χ1v) is 12.2. The van der Waals surface area contributed by atoms with Gasteiger partial charge in [0.25, 0.3) is 5.91 Å². The molecule has 0 spiro atoms. The van der Waals surface area contributed by atoms with Crippen LogP contribution in [0.25, 0.3) is 10.9 Å². The van der Waals surface area contributed by atoms with Crippen LogP contribution in [-0.4, -0.2) is 34.2 Å². The van der Waals surface area contributed by atoms with Gasteiger partial charge < -0.3 is 13.9 Å². The summed E-state index contributed by atoms with van der Waals surface area (Å²) in [6.45, 7) is 1.78. The van der Waals surface area contributed by atoms with Crippen LogP contribution in [0.1, 0.15) is 47.4 Å². The Labute approximate surface area is 204 Å². The average Bonchev–Trinajstić information content (AvgIpc) is 3.53. The number of amides is 1. The van der Waals surface area contributed by atoms with E-state index >= 15 is 0 Å².